The summed E-state index contributed by atoms with van der Waals surface area (Å²) in [5, 5.41) is 13.1. The number of ether oxygens (including phenoxy) is 1. The molecule has 0 aliphatic carbocycles. The molecule has 10 heteroatoms. The summed E-state index contributed by atoms with van der Waals surface area (Å²) >= 11 is 0. The summed E-state index contributed by atoms with van der Waals surface area (Å²) in [6.45, 7) is 33.2. The largest absolute Gasteiger partial charge is 0.413 e. The van der Waals surface area contributed by atoms with Crippen LogP contribution in [0, 0.1) is 0 Å². The average molecular weight is 530 g/mol. The second-order valence-corrected chi connectivity index (χ2v) is 28.8. The van der Waals surface area contributed by atoms with Crippen LogP contribution in [0.4, 0.5) is 0 Å². The Morgan fingerprint density at radius 3 is 1.62 bits per heavy atom. The van der Waals surface area contributed by atoms with Gasteiger partial charge in [-0.15, -0.1) is 0 Å². The summed E-state index contributed by atoms with van der Waals surface area (Å²) in [4.78, 5) is 0. The molecule has 34 heavy (non-hydrogen) atoms. The third-order valence-corrected chi connectivity index (χ3v) is 22.1. The summed E-state index contributed by atoms with van der Waals surface area (Å²) in [6.07, 6.45) is 0.349. The van der Waals surface area contributed by atoms with Gasteiger partial charge in [0.2, 0.25) is 0 Å². The van der Waals surface area contributed by atoms with Gasteiger partial charge >= 0.3 is 0 Å². The van der Waals surface area contributed by atoms with Crippen molar-refractivity contribution in [2.45, 2.75) is 141 Å². The van der Waals surface area contributed by atoms with E-state index in [1.54, 1.807) is 0 Å². The molecule has 1 saturated heterocycles. The van der Waals surface area contributed by atoms with E-state index in [-0.39, 0.29) is 21.7 Å². The van der Waals surface area contributed by atoms with Gasteiger partial charge in [-0.05, 0) is 54.4 Å². The topological polar surface area (TPSA) is 69.5 Å². The Kier molecular flexibility index (Phi) is 9.48. The van der Waals surface area contributed by atoms with Crippen molar-refractivity contribution in [3.8, 4) is 0 Å². The zero-order chi connectivity index (χ0) is 27.2. The van der Waals surface area contributed by atoms with Crippen LogP contribution in [0.1, 0.15) is 62.3 Å². The minimum absolute atomic E-state index is 0.0117. The first-order valence-electron chi connectivity index (χ1n) is 12.5. The third-order valence-electron chi connectivity index (χ3n) is 8.67. The van der Waals surface area contributed by atoms with Gasteiger partial charge in [0.15, 0.2) is 30.6 Å². The van der Waals surface area contributed by atoms with Crippen molar-refractivity contribution < 1.29 is 23.2 Å². The van der Waals surface area contributed by atoms with Gasteiger partial charge in [-0.25, -0.2) is 0 Å². The van der Waals surface area contributed by atoms with E-state index in [9.17, 15) is 5.21 Å². The first-order valence-corrected chi connectivity index (χ1v) is 21.2. The minimum Gasteiger partial charge on any atom is -0.413 e. The lowest BCUT2D eigenvalue weighted by Gasteiger charge is -2.46. The predicted molar refractivity (Wildman–Crippen MR) is 151 cm³/mol. The molecule has 1 rings (SSSR count). The van der Waals surface area contributed by atoms with Crippen molar-refractivity contribution in [1.82, 2.24) is 0 Å². The summed E-state index contributed by atoms with van der Waals surface area (Å²) in [6, 6.07) is -0.732. The van der Waals surface area contributed by atoms with E-state index < -0.39 is 48.8 Å². The molecule has 2 radical (unpaired) electrons. The highest BCUT2D eigenvalue weighted by Crippen LogP contribution is 2.46. The molecule has 1 N–H and O–H groups in total. The van der Waals surface area contributed by atoms with Crippen LogP contribution >= 0.6 is 0 Å². The standard InChI is InChI=1S/C24H52BNO5Si3/c1-21(2,3)32(10,11)28-17-24(16-26-27)19(31-34(14,15)23(7,8)9)18(20(25)29-24)30-33(12,13)22(4,5)6/h16,18-20,27H,17H2,1-15H3/b26-16+/t18-,19-,20-,24-/m1/s1. The van der Waals surface area contributed by atoms with Crippen molar-refractivity contribution in [3.05, 3.63) is 0 Å². The maximum absolute atomic E-state index is 9.72. The summed E-state index contributed by atoms with van der Waals surface area (Å²) in [5.74, 6) is 0. The lowest BCUT2D eigenvalue weighted by atomic mass is 9.90. The first kappa shape index (κ1) is 32.1. The number of oxime groups is 1. The Bertz CT molecular complexity index is 726. The molecule has 4 atom stereocenters. The molecule has 0 bridgehead atoms. The predicted octanol–water partition coefficient (Wildman–Crippen LogP) is 6.51. The fourth-order valence-electron chi connectivity index (χ4n) is 3.01. The van der Waals surface area contributed by atoms with E-state index in [1.807, 2.05) is 0 Å². The third kappa shape index (κ3) is 6.86. The molecule has 0 saturated carbocycles. The molecule has 1 heterocycles. The Balaban J connectivity index is 3.57. The highest BCUT2D eigenvalue weighted by atomic mass is 28.4. The van der Waals surface area contributed by atoms with Crippen molar-refractivity contribution in [2.24, 2.45) is 5.16 Å². The second kappa shape index (κ2) is 10.1. The van der Waals surface area contributed by atoms with Crippen molar-refractivity contribution in [3.63, 3.8) is 0 Å². The van der Waals surface area contributed by atoms with E-state index in [0.717, 1.165) is 0 Å². The van der Waals surface area contributed by atoms with Gasteiger partial charge in [-0.1, -0.05) is 67.5 Å². The van der Waals surface area contributed by atoms with Crippen molar-refractivity contribution in [1.29, 1.82) is 0 Å². The van der Waals surface area contributed by atoms with Crippen LogP contribution in [-0.4, -0.2) is 74.6 Å². The average Bonchev–Trinajstić information content (AvgIpc) is 2.82. The normalized spacial score (nSPS) is 28.1. The van der Waals surface area contributed by atoms with Crippen LogP contribution in [0.3, 0.4) is 0 Å². The quantitative estimate of drug-likeness (QED) is 0.168. The lowest BCUT2D eigenvalue weighted by molar-refractivity contribution is -0.0405. The molecule has 0 unspecified atom stereocenters. The van der Waals surface area contributed by atoms with Gasteiger partial charge in [0.05, 0.1) is 18.9 Å². The smallest absolute Gasteiger partial charge is 0.192 e. The van der Waals surface area contributed by atoms with Gasteiger partial charge in [0.1, 0.15) is 14.0 Å². The van der Waals surface area contributed by atoms with Gasteiger partial charge < -0.3 is 23.2 Å². The van der Waals surface area contributed by atoms with E-state index in [4.69, 9.17) is 25.9 Å². The van der Waals surface area contributed by atoms with Crippen molar-refractivity contribution in [2.75, 3.05) is 6.61 Å². The van der Waals surface area contributed by atoms with Gasteiger partial charge in [0, 0.05) is 6.00 Å². The molecular formula is C24H52BNO5Si3. The maximum Gasteiger partial charge on any atom is 0.192 e. The second-order valence-electron chi connectivity index (χ2n) is 14.5. The van der Waals surface area contributed by atoms with Crippen molar-refractivity contribution >= 4 is 39.0 Å². The van der Waals surface area contributed by atoms with E-state index in [0.29, 0.717) is 0 Å². The molecule has 198 valence electrons. The molecule has 6 nitrogen and oxygen atoms in total. The van der Waals surface area contributed by atoms with E-state index in [1.165, 1.54) is 6.21 Å². The highest BCUT2D eigenvalue weighted by Gasteiger charge is 2.59. The number of nitrogens with zero attached hydrogens (tertiary/aromatic N) is 1. The Morgan fingerprint density at radius 2 is 1.24 bits per heavy atom. The molecule has 1 aliphatic heterocycles. The fraction of sp³-hybridized carbons (Fsp3) is 0.958. The summed E-state index contributed by atoms with van der Waals surface area (Å²) in [5.41, 5.74) is -1.15. The van der Waals surface area contributed by atoms with Crippen LogP contribution in [0.5, 0.6) is 0 Å². The Morgan fingerprint density at radius 1 is 0.824 bits per heavy atom. The van der Waals surface area contributed by atoms with Crippen LogP contribution in [-0.2, 0) is 18.0 Å². The molecule has 0 amide bonds. The zero-order valence-corrected chi connectivity index (χ0v) is 27.6. The lowest BCUT2D eigenvalue weighted by Crippen LogP contribution is -2.59. The first-order chi connectivity index (χ1) is 14.8. The highest BCUT2D eigenvalue weighted by molar-refractivity contribution is 6.75. The van der Waals surface area contributed by atoms with E-state index in [2.05, 4.69) is 107 Å². The SMILES string of the molecule is [B][C@@H]1O[C@](/C=N/O)(CO[Si](C)(C)C(C)(C)C)[C@H](O[Si](C)(C)C(C)(C)C)[C@H]1O[Si](C)(C)C(C)(C)C. The Hall–Kier alpha value is 0.0256. The zero-order valence-electron chi connectivity index (χ0n) is 24.6. The van der Waals surface area contributed by atoms with Crippen LogP contribution in [0.2, 0.25) is 54.4 Å². The van der Waals surface area contributed by atoms with Crippen LogP contribution < -0.4 is 0 Å². The molecular weight excluding hydrogens is 477 g/mol. The van der Waals surface area contributed by atoms with Crippen LogP contribution in [0.25, 0.3) is 0 Å². The number of hydrogen-bond acceptors (Lipinski definition) is 6. The van der Waals surface area contributed by atoms with Crippen LogP contribution in [0.15, 0.2) is 5.16 Å². The monoisotopic (exact) mass is 529 g/mol. The van der Waals surface area contributed by atoms with E-state index >= 15 is 0 Å². The summed E-state index contributed by atoms with van der Waals surface area (Å²) in [7, 11) is -0.0260. The summed E-state index contributed by atoms with van der Waals surface area (Å²) < 4.78 is 26.8. The van der Waals surface area contributed by atoms with Gasteiger partial charge in [0.25, 0.3) is 0 Å². The molecule has 0 aromatic heterocycles. The molecule has 0 spiro atoms. The molecule has 1 aliphatic rings. The fourth-order valence-corrected chi connectivity index (χ4v) is 6.64. The Labute approximate surface area is 214 Å². The minimum atomic E-state index is -2.28. The van der Waals surface area contributed by atoms with Gasteiger partial charge in [-0.2, -0.15) is 0 Å². The molecule has 0 aromatic carbocycles. The number of hydrogen-bond donors (Lipinski definition) is 1. The maximum atomic E-state index is 9.72. The van der Waals surface area contributed by atoms with Gasteiger partial charge in [-0.3, -0.25) is 0 Å². The molecule has 1 fully saturated rings. The molecule has 0 aromatic rings. The number of rotatable bonds is 8.